The Morgan fingerprint density at radius 3 is 2.18 bits per heavy atom. The van der Waals surface area contributed by atoms with Crippen molar-refractivity contribution in [2.75, 3.05) is 4.90 Å². The largest absolute Gasteiger partial charge is 0.480 e. The van der Waals surface area contributed by atoms with Crippen molar-refractivity contribution in [1.29, 1.82) is 5.26 Å². The van der Waals surface area contributed by atoms with Crippen LogP contribution in [0, 0.1) is 17.2 Å². The number of carboxylic acids is 1. The van der Waals surface area contributed by atoms with Crippen molar-refractivity contribution in [2.45, 2.75) is 26.4 Å². The Balaban J connectivity index is 2.32. The zero-order valence-electron chi connectivity index (χ0n) is 15.9. The molecule has 6 heteroatoms. The molecule has 0 radical (unpaired) electrons. The van der Waals surface area contributed by atoms with Crippen LogP contribution in [0.2, 0.25) is 0 Å². The number of rotatable bonds is 8. The molecule has 0 aromatic heterocycles. The third-order valence-electron chi connectivity index (χ3n) is 4.15. The number of anilines is 1. The van der Waals surface area contributed by atoms with Crippen LogP contribution < -0.4 is 10.2 Å². The number of carbonyl (C=O) groups is 2. The summed E-state index contributed by atoms with van der Waals surface area (Å²) in [5.74, 6) is -2.15. The van der Waals surface area contributed by atoms with Gasteiger partial charge in [-0.05, 0) is 23.6 Å². The van der Waals surface area contributed by atoms with Crippen molar-refractivity contribution in [3.05, 3.63) is 78.0 Å². The van der Waals surface area contributed by atoms with E-state index in [0.717, 1.165) is 11.3 Å². The molecule has 0 bridgehead atoms. The highest BCUT2D eigenvalue weighted by Crippen LogP contribution is 2.18. The first-order chi connectivity index (χ1) is 13.4. The Bertz CT molecular complexity index is 871. The highest BCUT2D eigenvalue weighted by atomic mass is 16.4. The summed E-state index contributed by atoms with van der Waals surface area (Å²) in [7, 11) is 0. The first kappa shape index (κ1) is 20.7. The number of nitrogens with zero attached hydrogens (tertiary/aromatic N) is 2. The standard InChI is InChI=1S/C22H23N3O3/c1-16(2)20(22(27)28)24-21(26)18(13-23)15-25(19-11-7-4-8-12-19)14-17-9-5-3-6-10-17/h3-12,15-16,20H,14H2,1-2H3,(H,24,26)(H,27,28)/b18-15-. The molecule has 144 valence electrons. The summed E-state index contributed by atoms with van der Waals surface area (Å²) in [5, 5.41) is 21.2. The van der Waals surface area contributed by atoms with Gasteiger partial charge in [-0.3, -0.25) is 4.79 Å². The van der Waals surface area contributed by atoms with Gasteiger partial charge in [0.05, 0.1) is 0 Å². The molecule has 2 rings (SSSR count). The van der Waals surface area contributed by atoms with Gasteiger partial charge in [0.25, 0.3) is 5.91 Å². The van der Waals surface area contributed by atoms with Crippen molar-refractivity contribution >= 4 is 17.6 Å². The summed E-state index contributed by atoms with van der Waals surface area (Å²) in [4.78, 5) is 25.7. The smallest absolute Gasteiger partial charge is 0.326 e. The molecular formula is C22H23N3O3. The van der Waals surface area contributed by atoms with E-state index in [4.69, 9.17) is 0 Å². The van der Waals surface area contributed by atoms with Crippen molar-refractivity contribution < 1.29 is 14.7 Å². The number of aliphatic carboxylic acids is 1. The predicted molar refractivity (Wildman–Crippen MR) is 107 cm³/mol. The molecule has 0 spiro atoms. The van der Waals surface area contributed by atoms with Gasteiger partial charge in [-0.1, -0.05) is 62.4 Å². The van der Waals surface area contributed by atoms with E-state index in [1.165, 1.54) is 6.20 Å². The Kier molecular flexibility index (Phi) is 7.35. The normalized spacial score (nSPS) is 12.1. The first-order valence-electron chi connectivity index (χ1n) is 8.93. The Morgan fingerprint density at radius 1 is 1.11 bits per heavy atom. The molecule has 0 saturated carbocycles. The van der Waals surface area contributed by atoms with Gasteiger partial charge >= 0.3 is 5.97 Å². The van der Waals surface area contributed by atoms with E-state index >= 15 is 0 Å². The van der Waals surface area contributed by atoms with Crippen molar-refractivity contribution in [3.63, 3.8) is 0 Å². The van der Waals surface area contributed by atoms with E-state index in [1.54, 1.807) is 18.7 Å². The number of hydrogen-bond acceptors (Lipinski definition) is 4. The number of carbonyl (C=O) groups excluding carboxylic acids is 1. The summed E-state index contributed by atoms with van der Waals surface area (Å²) < 4.78 is 0. The molecule has 6 nitrogen and oxygen atoms in total. The lowest BCUT2D eigenvalue weighted by molar-refractivity contribution is -0.142. The minimum atomic E-state index is -1.13. The molecule has 2 aromatic carbocycles. The third-order valence-corrected chi connectivity index (χ3v) is 4.15. The zero-order valence-corrected chi connectivity index (χ0v) is 15.9. The Labute approximate surface area is 164 Å². The van der Waals surface area contributed by atoms with E-state index in [-0.39, 0.29) is 11.5 Å². The Hall–Kier alpha value is -3.59. The van der Waals surface area contributed by atoms with Gasteiger partial charge < -0.3 is 15.3 Å². The minimum absolute atomic E-state index is 0.160. The van der Waals surface area contributed by atoms with Crippen molar-refractivity contribution in [2.24, 2.45) is 5.92 Å². The number of amides is 1. The van der Waals surface area contributed by atoms with E-state index in [9.17, 15) is 20.0 Å². The van der Waals surface area contributed by atoms with E-state index in [1.807, 2.05) is 66.7 Å². The second-order valence-corrected chi connectivity index (χ2v) is 6.64. The molecule has 1 unspecified atom stereocenters. The lowest BCUT2D eigenvalue weighted by atomic mass is 10.0. The average Bonchev–Trinajstić information content (AvgIpc) is 2.70. The maximum atomic E-state index is 12.5. The van der Waals surface area contributed by atoms with Crippen LogP contribution in [0.4, 0.5) is 5.69 Å². The second kappa shape index (κ2) is 9.93. The maximum absolute atomic E-state index is 12.5. The Morgan fingerprint density at radius 2 is 1.68 bits per heavy atom. The zero-order chi connectivity index (χ0) is 20.5. The van der Waals surface area contributed by atoms with Gasteiger partial charge in [0, 0.05) is 18.4 Å². The van der Waals surface area contributed by atoms with Crippen LogP contribution in [-0.4, -0.2) is 23.0 Å². The number of hydrogen-bond donors (Lipinski definition) is 2. The number of para-hydroxylation sites is 1. The topological polar surface area (TPSA) is 93.4 Å². The predicted octanol–water partition coefficient (Wildman–Crippen LogP) is 3.33. The molecule has 0 heterocycles. The van der Waals surface area contributed by atoms with Gasteiger partial charge in [0.15, 0.2) is 0 Å². The molecule has 2 aromatic rings. The van der Waals surface area contributed by atoms with Crippen LogP contribution >= 0.6 is 0 Å². The second-order valence-electron chi connectivity index (χ2n) is 6.64. The summed E-state index contributed by atoms with van der Waals surface area (Å²) in [5.41, 5.74) is 1.66. The monoisotopic (exact) mass is 377 g/mol. The fourth-order valence-corrected chi connectivity index (χ4v) is 2.64. The molecule has 1 amide bonds. The van der Waals surface area contributed by atoms with Crippen LogP contribution in [0.15, 0.2) is 72.4 Å². The van der Waals surface area contributed by atoms with Crippen LogP contribution in [0.1, 0.15) is 19.4 Å². The van der Waals surface area contributed by atoms with Crippen LogP contribution in [-0.2, 0) is 16.1 Å². The van der Waals surface area contributed by atoms with Gasteiger partial charge in [-0.25, -0.2) is 4.79 Å². The molecule has 0 aliphatic rings. The molecule has 0 aliphatic heterocycles. The average molecular weight is 377 g/mol. The first-order valence-corrected chi connectivity index (χ1v) is 8.93. The highest BCUT2D eigenvalue weighted by Gasteiger charge is 2.25. The fraction of sp³-hybridized carbons (Fsp3) is 0.227. The highest BCUT2D eigenvalue weighted by molar-refractivity contribution is 5.99. The molecule has 0 saturated heterocycles. The number of carboxylic acid groups (broad SMARTS) is 1. The van der Waals surface area contributed by atoms with Crippen molar-refractivity contribution in [1.82, 2.24) is 5.32 Å². The quantitative estimate of drug-likeness (QED) is 0.544. The van der Waals surface area contributed by atoms with Crippen molar-refractivity contribution in [3.8, 4) is 6.07 Å². The molecule has 0 aliphatic carbocycles. The van der Waals surface area contributed by atoms with Gasteiger partial charge in [0.1, 0.15) is 17.7 Å². The summed E-state index contributed by atoms with van der Waals surface area (Å²) >= 11 is 0. The molecule has 2 N–H and O–H groups in total. The summed E-state index contributed by atoms with van der Waals surface area (Å²) in [6.45, 7) is 3.84. The molecule has 28 heavy (non-hydrogen) atoms. The summed E-state index contributed by atoms with van der Waals surface area (Å²) in [6.07, 6.45) is 1.46. The minimum Gasteiger partial charge on any atom is -0.480 e. The van der Waals surface area contributed by atoms with Gasteiger partial charge in [0.2, 0.25) is 0 Å². The van der Waals surface area contributed by atoms with Crippen LogP contribution in [0.3, 0.4) is 0 Å². The van der Waals surface area contributed by atoms with E-state index in [2.05, 4.69) is 5.32 Å². The van der Waals surface area contributed by atoms with Gasteiger partial charge in [-0.2, -0.15) is 5.26 Å². The molecular weight excluding hydrogens is 354 g/mol. The lowest BCUT2D eigenvalue weighted by Crippen LogP contribution is -2.45. The van der Waals surface area contributed by atoms with Gasteiger partial charge in [-0.15, -0.1) is 0 Å². The number of benzene rings is 2. The molecule has 1 atom stereocenters. The maximum Gasteiger partial charge on any atom is 0.326 e. The SMILES string of the molecule is CC(C)C(NC(=O)/C(C#N)=C\N(Cc1ccccc1)c1ccccc1)C(=O)O. The molecule has 0 fully saturated rings. The fourth-order valence-electron chi connectivity index (χ4n) is 2.64. The third kappa shape index (κ3) is 5.71. The van der Waals surface area contributed by atoms with Crippen LogP contribution in [0.25, 0.3) is 0 Å². The van der Waals surface area contributed by atoms with E-state index < -0.39 is 17.9 Å². The van der Waals surface area contributed by atoms with E-state index in [0.29, 0.717) is 6.54 Å². The lowest BCUT2D eigenvalue weighted by Gasteiger charge is -2.22. The summed E-state index contributed by atoms with van der Waals surface area (Å²) in [6, 6.07) is 19.8. The number of nitrogens with one attached hydrogen (secondary N) is 1. The van der Waals surface area contributed by atoms with Crippen LogP contribution in [0.5, 0.6) is 0 Å². The number of nitriles is 1.